The number of carbonyl (C=O) groups excluding carboxylic acids is 2. The molecule has 2 rings (SSSR count). The average Bonchev–Trinajstić information content (AvgIpc) is 2.66. The zero-order valence-corrected chi connectivity index (χ0v) is 15.0. The zero-order valence-electron chi connectivity index (χ0n) is 14.2. The lowest BCUT2D eigenvalue weighted by Crippen LogP contribution is -2.19. The van der Waals surface area contributed by atoms with Crippen molar-refractivity contribution in [3.8, 4) is 0 Å². The first kappa shape index (κ1) is 19.8. The standard InChI is InChI=1S/C16H14N2O8S/c1-25-15(19)10-6-7-13(16(20)26-2)14(8-10)27(23,24)17-11-4-3-5-12(9-11)18(21)22/h3-9,17H,1-2H3. The Bertz CT molecular complexity index is 1020. The van der Waals surface area contributed by atoms with Crippen molar-refractivity contribution in [3.63, 3.8) is 0 Å². The van der Waals surface area contributed by atoms with Crippen molar-refractivity contribution in [1.29, 1.82) is 0 Å². The molecule has 11 heteroatoms. The minimum atomic E-state index is -4.39. The van der Waals surface area contributed by atoms with Crippen LogP contribution in [0.15, 0.2) is 47.4 Å². The molecule has 0 atom stereocenters. The van der Waals surface area contributed by atoms with Crippen molar-refractivity contribution in [3.05, 3.63) is 63.7 Å². The van der Waals surface area contributed by atoms with Crippen LogP contribution in [0.2, 0.25) is 0 Å². The van der Waals surface area contributed by atoms with Crippen molar-refractivity contribution in [2.45, 2.75) is 4.90 Å². The molecule has 0 saturated carbocycles. The van der Waals surface area contributed by atoms with Gasteiger partial charge in [-0.15, -0.1) is 0 Å². The van der Waals surface area contributed by atoms with E-state index >= 15 is 0 Å². The number of hydrogen-bond acceptors (Lipinski definition) is 8. The summed E-state index contributed by atoms with van der Waals surface area (Å²) in [4.78, 5) is 33.2. The van der Waals surface area contributed by atoms with Crippen LogP contribution in [-0.2, 0) is 19.5 Å². The number of nitro benzene ring substituents is 1. The molecular formula is C16H14N2O8S. The second kappa shape index (κ2) is 7.83. The number of ether oxygens (including phenoxy) is 2. The fourth-order valence-electron chi connectivity index (χ4n) is 2.16. The van der Waals surface area contributed by atoms with Gasteiger partial charge in [0.1, 0.15) is 4.90 Å². The van der Waals surface area contributed by atoms with Crippen LogP contribution >= 0.6 is 0 Å². The topological polar surface area (TPSA) is 142 Å². The Morgan fingerprint density at radius 1 is 1.04 bits per heavy atom. The number of nitrogens with zero attached hydrogens (tertiary/aromatic N) is 1. The SMILES string of the molecule is COC(=O)c1ccc(C(=O)OC)c(S(=O)(=O)Nc2cccc([N+](=O)[O-])c2)c1. The summed E-state index contributed by atoms with van der Waals surface area (Å²) in [6, 6.07) is 8.08. The second-order valence-corrected chi connectivity index (χ2v) is 6.76. The lowest BCUT2D eigenvalue weighted by atomic mass is 10.1. The normalized spacial score (nSPS) is 10.7. The largest absolute Gasteiger partial charge is 0.465 e. The third kappa shape index (κ3) is 4.39. The maximum Gasteiger partial charge on any atom is 0.339 e. The number of benzene rings is 2. The molecule has 0 saturated heterocycles. The predicted octanol–water partition coefficient (Wildman–Crippen LogP) is 1.97. The van der Waals surface area contributed by atoms with E-state index in [1.54, 1.807) is 0 Å². The van der Waals surface area contributed by atoms with Crippen molar-refractivity contribution in [1.82, 2.24) is 0 Å². The summed E-state index contributed by atoms with van der Waals surface area (Å²) in [7, 11) is -2.20. The molecule has 0 spiro atoms. The lowest BCUT2D eigenvalue weighted by molar-refractivity contribution is -0.384. The molecule has 0 aliphatic carbocycles. The van der Waals surface area contributed by atoms with Crippen molar-refractivity contribution in [2.75, 3.05) is 18.9 Å². The van der Waals surface area contributed by atoms with Crippen LogP contribution in [0.1, 0.15) is 20.7 Å². The highest BCUT2D eigenvalue weighted by molar-refractivity contribution is 7.92. The third-order valence-electron chi connectivity index (χ3n) is 3.41. The summed E-state index contributed by atoms with van der Waals surface area (Å²) in [5, 5.41) is 10.8. The second-order valence-electron chi connectivity index (χ2n) is 5.11. The van der Waals surface area contributed by atoms with Crippen molar-refractivity contribution < 1.29 is 32.4 Å². The molecule has 10 nitrogen and oxygen atoms in total. The maximum absolute atomic E-state index is 12.7. The van der Waals surface area contributed by atoms with E-state index in [0.29, 0.717) is 0 Å². The highest BCUT2D eigenvalue weighted by atomic mass is 32.2. The molecule has 0 heterocycles. The van der Waals surface area contributed by atoms with E-state index in [2.05, 4.69) is 14.2 Å². The summed E-state index contributed by atoms with van der Waals surface area (Å²) in [5.74, 6) is -1.75. The lowest BCUT2D eigenvalue weighted by Gasteiger charge is -2.12. The quantitative estimate of drug-likeness (QED) is 0.445. The minimum absolute atomic E-state index is 0.0940. The van der Waals surface area contributed by atoms with Gasteiger partial charge in [-0.25, -0.2) is 18.0 Å². The number of methoxy groups -OCH3 is 2. The number of hydrogen-bond donors (Lipinski definition) is 1. The molecule has 27 heavy (non-hydrogen) atoms. The number of rotatable bonds is 6. The molecule has 0 aromatic heterocycles. The minimum Gasteiger partial charge on any atom is -0.465 e. The van der Waals surface area contributed by atoms with E-state index in [0.717, 1.165) is 32.4 Å². The number of esters is 2. The van der Waals surface area contributed by atoms with E-state index in [9.17, 15) is 28.1 Å². The van der Waals surface area contributed by atoms with Crippen LogP contribution in [0.25, 0.3) is 0 Å². The summed E-state index contributed by atoms with van der Waals surface area (Å²) >= 11 is 0. The van der Waals surface area contributed by atoms with Gasteiger partial charge in [0.05, 0.1) is 36.0 Å². The molecule has 0 amide bonds. The van der Waals surface area contributed by atoms with Crippen LogP contribution in [0.5, 0.6) is 0 Å². The van der Waals surface area contributed by atoms with E-state index in [1.807, 2.05) is 0 Å². The third-order valence-corrected chi connectivity index (χ3v) is 4.83. The summed E-state index contributed by atoms with van der Waals surface area (Å²) < 4.78 is 36.7. The van der Waals surface area contributed by atoms with Crippen molar-refractivity contribution in [2.24, 2.45) is 0 Å². The Labute approximate surface area is 153 Å². The van der Waals surface area contributed by atoms with Gasteiger partial charge in [-0.2, -0.15) is 0 Å². The average molecular weight is 394 g/mol. The van der Waals surface area contributed by atoms with E-state index in [4.69, 9.17) is 0 Å². The van der Waals surface area contributed by atoms with Gasteiger partial charge in [0.15, 0.2) is 0 Å². The van der Waals surface area contributed by atoms with Crippen LogP contribution < -0.4 is 4.72 Å². The zero-order chi connectivity index (χ0) is 20.2. The van der Waals surface area contributed by atoms with Gasteiger partial charge >= 0.3 is 11.9 Å². The van der Waals surface area contributed by atoms with Crippen LogP contribution in [0, 0.1) is 10.1 Å². The molecule has 1 N–H and O–H groups in total. The molecular weight excluding hydrogens is 380 g/mol. The first-order chi connectivity index (χ1) is 12.7. The van der Waals surface area contributed by atoms with E-state index in [1.165, 1.54) is 24.3 Å². The van der Waals surface area contributed by atoms with Crippen LogP contribution in [0.4, 0.5) is 11.4 Å². The highest BCUT2D eigenvalue weighted by Gasteiger charge is 2.25. The van der Waals surface area contributed by atoms with Crippen LogP contribution in [0.3, 0.4) is 0 Å². The summed E-state index contributed by atoms with van der Waals surface area (Å²) in [5.41, 5.74) is -0.845. The molecule has 0 aliphatic heterocycles. The molecule has 0 radical (unpaired) electrons. The highest BCUT2D eigenvalue weighted by Crippen LogP contribution is 2.24. The molecule has 142 valence electrons. The molecule has 2 aromatic rings. The predicted molar refractivity (Wildman–Crippen MR) is 93.0 cm³/mol. The Morgan fingerprint density at radius 2 is 1.70 bits per heavy atom. The summed E-state index contributed by atoms with van der Waals surface area (Å²) in [6.07, 6.45) is 0. The number of nitrogens with one attached hydrogen (secondary N) is 1. The molecule has 0 fully saturated rings. The summed E-state index contributed by atoms with van der Waals surface area (Å²) in [6.45, 7) is 0. The van der Waals surface area contributed by atoms with Gasteiger partial charge in [-0.05, 0) is 24.3 Å². The van der Waals surface area contributed by atoms with Gasteiger partial charge in [0, 0.05) is 12.1 Å². The number of carbonyl (C=O) groups is 2. The number of non-ortho nitro benzene ring substituents is 1. The molecule has 0 bridgehead atoms. The number of anilines is 1. The van der Waals surface area contributed by atoms with Gasteiger partial charge in [-0.3, -0.25) is 14.8 Å². The Morgan fingerprint density at radius 3 is 2.30 bits per heavy atom. The number of nitro groups is 1. The van der Waals surface area contributed by atoms with Gasteiger partial charge in [0.2, 0.25) is 0 Å². The maximum atomic E-state index is 12.7. The monoisotopic (exact) mass is 394 g/mol. The Kier molecular flexibility index (Phi) is 5.75. The van der Waals surface area contributed by atoms with Gasteiger partial charge in [-0.1, -0.05) is 6.07 Å². The first-order valence-corrected chi connectivity index (χ1v) is 8.76. The van der Waals surface area contributed by atoms with E-state index in [-0.39, 0.29) is 22.5 Å². The Balaban J connectivity index is 2.55. The molecule has 2 aromatic carbocycles. The first-order valence-electron chi connectivity index (χ1n) is 7.27. The van der Waals surface area contributed by atoms with Gasteiger partial charge in [0.25, 0.3) is 15.7 Å². The van der Waals surface area contributed by atoms with Crippen LogP contribution in [-0.4, -0.2) is 39.5 Å². The molecule has 0 unspecified atom stereocenters. The fraction of sp³-hybridized carbons (Fsp3) is 0.125. The van der Waals surface area contributed by atoms with Crippen molar-refractivity contribution >= 4 is 33.3 Å². The number of sulfonamides is 1. The smallest absolute Gasteiger partial charge is 0.339 e. The fourth-order valence-corrected chi connectivity index (χ4v) is 3.43. The Hall–Kier alpha value is -3.47. The van der Waals surface area contributed by atoms with Gasteiger partial charge < -0.3 is 9.47 Å². The molecule has 0 aliphatic rings. The van der Waals surface area contributed by atoms with E-state index < -0.39 is 31.8 Å².